The van der Waals surface area contributed by atoms with E-state index in [1.54, 1.807) is 12.1 Å². The van der Waals surface area contributed by atoms with Crippen LogP contribution in [0.3, 0.4) is 0 Å². The van der Waals surface area contributed by atoms with Crippen LogP contribution in [0.4, 0.5) is 0 Å². The smallest absolute Gasteiger partial charge is 0.127 e. The van der Waals surface area contributed by atoms with E-state index < -0.39 is 6.04 Å². The monoisotopic (exact) mass is 265 g/mol. The van der Waals surface area contributed by atoms with Crippen molar-refractivity contribution in [3.63, 3.8) is 0 Å². The molecule has 1 aromatic carbocycles. The van der Waals surface area contributed by atoms with Gasteiger partial charge in [0.1, 0.15) is 11.8 Å². The largest absolute Gasteiger partial charge is 0.508 e. The molecule has 96 valence electrons. The Morgan fingerprint density at radius 3 is 3.00 bits per heavy atom. The molecule has 0 aromatic heterocycles. The highest BCUT2D eigenvalue weighted by molar-refractivity contribution is 6.30. The van der Waals surface area contributed by atoms with Crippen LogP contribution in [0.1, 0.15) is 18.0 Å². The first-order chi connectivity index (χ1) is 8.72. The van der Waals surface area contributed by atoms with Gasteiger partial charge in [-0.1, -0.05) is 11.6 Å². The van der Waals surface area contributed by atoms with E-state index >= 15 is 0 Å². The SMILES string of the molecule is N#CC(c1cc(Cl)ccc1O)N1CCCNCC1. The summed E-state index contributed by atoms with van der Waals surface area (Å²) in [5, 5.41) is 23.1. The molecule has 1 aliphatic rings. The van der Waals surface area contributed by atoms with Gasteiger partial charge in [0.2, 0.25) is 0 Å². The third-order valence-corrected chi connectivity index (χ3v) is 3.38. The Balaban J connectivity index is 2.26. The molecule has 1 saturated heterocycles. The minimum atomic E-state index is -0.441. The predicted octanol–water partition coefficient (Wildman–Crippen LogP) is 1.91. The van der Waals surface area contributed by atoms with Gasteiger partial charge in [0.25, 0.3) is 0 Å². The van der Waals surface area contributed by atoms with Crippen molar-refractivity contribution in [1.82, 2.24) is 10.2 Å². The van der Waals surface area contributed by atoms with Crippen LogP contribution >= 0.6 is 11.6 Å². The van der Waals surface area contributed by atoms with Gasteiger partial charge in [-0.25, -0.2) is 0 Å². The van der Waals surface area contributed by atoms with Crippen molar-refractivity contribution in [2.45, 2.75) is 12.5 Å². The fourth-order valence-electron chi connectivity index (χ4n) is 2.22. The molecule has 1 aromatic rings. The highest BCUT2D eigenvalue weighted by Gasteiger charge is 2.23. The van der Waals surface area contributed by atoms with Gasteiger partial charge in [-0.05, 0) is 31.2 Å². The van der Waals surface area contributed by atoms with E-state index in [1.807, 2.05) is 0 Å². The van der Waals surface area contributed by atoms with Gasteiger partial charge >= 0.3 is 0 Å². The number of rotatable bonds is 2. The molecule has 4 nitrogen and oxygen atoms in total. The molecule has 0 spiro atoms. The van der Waals surface area contributed by atoms with Crippen molar-refractivity contribution in [2.75, 3.05) is 26.2 Å². The van der Waals surface area contributed by atoms with Crippen LogP contribution in [0.5, 0.6) is 5.75 Å². The first-order valence-electron chi connectivity index (χ1n) is 6.05. The van der Waals surface area contributed by atoms with E-state index in [0.717, 1.165) is 32.6 Å². The van der Waals surface area contributed by atoms with E-state index in [2.05, 4.69) is 16.3 Å². The molecular weight excluding hydrogens is 250 g/mol. The van der Waals surface area contributed by atoms with Gasteiger partial charge < -0.3 is 10.4 Å². The number of nitriles is 1. The summed E-state index contributed by atoms with van der Waals surface area (Å²) in [5.41, 5.74) is 0.590. The number of halogens is 1. The van der Waals surface area contributed by atoms with Gasteiger partial charge in [-0.2, -0.15) is 5.26 Å². The van der Waals surface area contributed by atoms with E-state index in [9.17, 15) is 10.4 Å². The molecule has 0 aliphatic carbocycles. The van der Waals surface area contributed by atoms with Crippen LogP contribution in [-0.4, -0.2) is 36.2 Å². The number of hydrogen-bond acceptors (Lipinski definition) is 4. The second kappa shape index (κ2) is 6.05. The van der Waals surface area contributed by atoms with Crippen molar-refractivity contribution < 1.29 is 5.11 Å². The molecule has 18 heavy (non-hydrogen) atoms. The first kappa shape index (κ1) is 13.2. The highest BCUT2D eigenvalue weighted by Crippen LogP contribution is 2.30. The quantitative estimate of drug-likeness (QED) is 0.858. The molecule has 1 heterocycles. The molecule has 0 saturated carbocycles. The third-order valence-electron chi connectivity index (χ3n) is 3.15. The highest BCUT2D eigenvalue weighted by atomic mass is 35.5. The van der Waals surface area contributed by atoms with Crippen LogP contribution in [0.25, 0.3) is 0 Å². The molecule has 1 fully saturated rings. The summed E-state index contributed by atoms with van der Waals surface area (Å²) in [6.45, 7) is 3.47. The minimum Gasteiger partial charge on any atom is -0.508 e. The van der Waals surface area contributed by atoms with E-state index in [-0.39, 0.29) is 5.75 Å². The van der Waals surface area contributed by atoms with Gasteiger partial charge in [0.15, 0.2) is 0 Å². The van der Waals surface area contributed by atoms with Crippen molar-refractivity contribution >= 4 is 11.6 Å². The zero-order valence-corrected chi connectivity index (χ0v) is 10.8. The Morgan fingerprint density at radius 2 is 2.22 bits per heavy atom. The normalized spacial score (nSPS) is 18.9. The van der Waals surface area contributed by atoms with Crippen molar-refractivity contribution in [1.29, 1.82) is 5.26 Å². The lowest BCUT2D eigenvalue weighted by Gasteiger charge is -2.25. The Kier molecular flexibility index (Phi) is 4.43. The second-order valence-corrected chi connectivity index (χ2v) is 4.81. The average molecular weight is 266 g/mol. The summed E-state index contributed by atoms with van der Waals surface area (Å²) in [6, 6.07) is 6.66. The fraction of sp³-hybridized carbons (Fsp3) is 0.462. The number of nitrogens with one attached hydrogen (secondary N) is 1. The maximum atomic E-state index is 9.89. The molecule has 0 radical (unpaired) electrons. The molecule has 1 aliphatic heterocycles. The summed E-state index contributed by atoms with van der Waals surface area (Å²) in [6.07, 6.45) is 1.000. The van der Waals surface area contributed by atoms with Crippen molar-refractivity contribution in [3.8, 4) is 11.8 Å². The van der Waals surface area contributed by atoms with E-state index in [1.165, 1.54) is 6.07 Å². The number of hydrogen-bond donors (Lipinski definition) is 2. The zero-order valence-electron chi connectivity index (χ0n) is 10.1. The third kappa shape index (κ3) is 2.94. The molecule has 2 rings (SSSR count). The maximum absolute atomic E-state index is 9.89. The second-order valence-electron chi connectivity index (χ2n) is 4.37. The topological polar surface area (TPSA) is 59.3 Å². The van der Waals surface area contributed by atoms with Gasteiger partial charge in [0, 0.05) is 30.2 Å². The Hall–Kier alpha value is -1.28. The summed E-state index contributed by atoms with van der Waals surface area (Å²) < 4.78 is 0. The van der Waals surface area contributed by atoms with E-state index in [0.29, 0.717) is 10.6 Å². The Morgan fingerprint density at radius 1 is 1.39 bits per heavy atom. The molecule has 0 bridgehead atoms. The van der Waals surface area contributed by atoms with E-state index in [4.69, 9.17) is 11.6 Å². The minimum absolute atomic E-state index is 0.128. The number of phenolic OH excluding ortho intramolecular Hbond substituents is 1. The van der Waals surface area contributed by atoms with Gasteiger partial charge in [-0.3, -0.25) is 4.90 Å². The Bertz CT molecular complexity index is 450. The van der Waals surface area contributed by atoms with Crippen LogP contribution in [0.2, 0.25) is 5.02 Å². The number of aromatic hydroxyl groups is 1. The molecule has 5 heteroatoms. The van der Waals surface area contributed by atoms with Crippen molar-refractivity contribution in [2.24, 2.45) is 0 Å². The predicted molar refractivity (Wildman–Crippen MR) is 70.5 cm³/mol. The maximum Gasteiger partial charge on any atom is 0.127 e. The van der Waals surface area contributed by atoms with Crippen LogP contribution < -0.4 is 5.32 Å². The van der Waals surface area contributed by atoms with Crippen LogP contribution in [-0.2, 0) is 0 Å². The van der Waals surface area contributed by atoms with Gasteiger partial charge in [0.05, 0.1) is 6.07 Å². The zero-order chi connectivity index (χ0) is 13.0. The number of benzene rings is 1. The lowest BCUT2D eigenvalue weighted by molar-refractivity contribution is 0.248. The fourth-order valence-corrected chi connectivity index (χ4v) is 2.40. The lowest BCUT2D eigenvalue weighted by Crippen LogP contribution is -2.31. The summed E-state index contributed by atoms with van der Waals surface area (Å²) in [5.74, 6) is 0.128. The standard InChI is InChI=1S/C13H16ClN3O/c14-10-2-3-13(18)11(8-10)12(9-15)17-6-1-4-16-5-7-17/h2-3,8,12,16,18H,1,4-7H2. The number of phenols is 1. The molecule has 1 atom stereocenters. The first-order valence-corrected chi connectivity index (χ1v) is 6.43. The lowest BCUT2D eigenvalue weighted by atomic mass is 10.0. The average Bonchev–Trinajstić information content (AvgIpc) is 2.64. The van der Waals surface area contributed by atoms with Gasteiger partial charge in [-0.15, -0.1) is 0 Å². The Labute approximate surface area is 112 Å². The molecule has 0 amide bonds. The molecular formula is C13H16ClN3O. The number of nitrogens with zero attached hydrogens (tertiary/aromatic N) is 2. The molecule has 2 N–H and O–H groups in total. The summed E-state index contributed by atoms with van der Waals surface area (Å²) in [4.78, 5) is 2.07. The van der Waals surface area contributed by atoms with Crippen LogP contribution in [0.15, 0.2) is 18.2 Å². The summed E-state index contributed by atoms with van der Waals surface area (Å²) >= 11 is 5.94. The van der Waals surface area contributed by atoms with Crippen LogP contribution in [0, 0.1) is 11.3 Å². The molecule has 1 unspecified atom stereocenters. The summed E-state index contributed by atoms with van der Waals surface area (Å²) in [7, 11) is 0. The van der Waals surface area contributed by atoms with Crippen molar-refractivity contribution in [3.05, 3.63) is 28.8 Å².